The molecule has 0 bridgehead atoms. The van der Waals surface area contributed by atoms with E-state index in [1.165, 1.54) is 43.3 Å². The molecule has 8 heteroatoms. The second-order valence-corrected chi connectivity index (χ2v) is 8.18. The third-order valence-corrected chi connectivity index (χ3v) is 5.36. The molecule has 3 aromatic rings. The number of benzene rings is 3. The molecule has 1 unspecified atom stereocenters. The van der Waals surface area contributed by atoms with Crippen LogP contribution in [0.25, 0.3) is 6.08 Å². The monoisotopic (exact) mass is 490 g/mol. The van der Waals surface area contributed by atoms with Crippen molar-refractivity contribution in [2.75, 3.05) is 5.32 Å². The normalized spacial score (nSPS) is 11.6. The molecule has 0 fully saturated rings. The van der Waals surface area contributed by atoms with Crippen molar-refractivity contribution in [3.05, 3.63) is 106 Å². The molecule has 0 saturated heterocycles. The molecule has 3 N–H and O–H groups in total. The minimum absolute atomic E-state index is 0.0909. The number of ketones is 1. The van der Waals surface area contributed by atoms with Gasteiger partial charge in [-0.2, -0.15) is 0 Å². The zero-order chi connectivity index (χ0) is 25.4. The lowest BCUT2D eigenvalue weighted by Gasteiger charge is -2.18. The highest BCUT2D eigenvalue weighted by Gasteiger charge is 2.21. The summed E-state index contributed by atoms with van der Waals surface area (Å²) in [5.74, 6) is -2.24. The Labute approximate surface area is 207 Å². The molecule has 0 aliphatic carbocycles. The molecule has 0 saturated carbocycles. The van der Waals surface area contributed by atoms with Crippen LogP contribution in [0, 0.1) is 0 Å². The molecule has 3 aromatic carbocycles. The summed E-state index contributed by atoms with van der Waals surface area (Å²) < 4.78 is 0. The van der Waals surface area contributed by atoms with Crippen LogP contribution in [0.5, 0.6) is 0 Å². The number of halogens is 1. The maximum absolute atomic E-state index is 13.0. The number of carboxylic acids is 1. The molecule has 3 rings (SSSR count). The van der Waals surface area contributed by atoms with Crippen LogP contribution in [-0.2, 0) is 16.0 Å². The van der Waals surface area contributed by atoms with Crippen molar-refractivity contribution in [2.24, 2.45) is 0 Å². The van der Waals surface area contributed by atoms with Gasteiger partial charge in [-0.1, -0.05) is 41.9 Å². The van der Waals surface area contributed by atoms with E-state index in [4.69, 9.17) is 16.7 Å². The molecule has 35 heavy (non-hydrogen) atoms. The standard InChI is InChI=1S/C27H23ClN2O5/c1-17(31)23-13-10-21(28)16-20(23)9-14-25(32)30-24(15-18-5-3-2-4-6-18)26(33)29-22-11-7-19(8-12-22)27(34)35/h2-14,16,24H,15H2,1H3,(H,29,33)(H,30,32)(H,34,35). The number of hydrogen-bond acceptors (Lipinski definition) is 4. The lowest BCUT2D eigenvalue weighted by molar-refractivity contribution is -0.123. The molecule has 0 spiro atoms. The van der Waals surface area contributed by atoms with Crippen LogP contribution in [0.1, 0.15) is 38.8 Å². The van der Waals surface area contributed by atoms with E-state index in [9.17, 15) is 19.2 Å². The number of nitrogens with one attached hydrogen (secondary N) is 2. The van der Waals surface area contributed by atoms with Crippen LogP contribution in [-0.4, -0.2) is 34.7 Å². The number of Topliss-reactive ketones (excluding diaryl/α,β-unsaturated/α-hetero) is 1. The van der Waals surface area contributed by atoms with E-state index in [2.05, 4.69) is 10.6 Å². The van der Waals surface area contributed by atoms with Gasteiger partial charge < -0.3 is 15.7 Å². The zero-order valence-electron chi connectivity index (χ0n) is 18.8. The highest BCUT2D eigenvalue weighted by atomic mass is 35.5. The first kappa shape index (κ1) is 25.4. The number of hydrogen-bond donors (Lipinski definition) is 3. The van der Waals surface area contributed by atoms with Crippen molar-refractivity contribution in [2.45, 2.75) is 19.4 Å². The number of carbonyl (C=O) groups is 4. The topological polar surface area (TPSA) is 113 Å². The summed E-state index contributed by atoms with van der Waals surface area (Å²) in [6, 6.07) is 18.8. The van der Waals surface area contributed by atoms with Gasteiger partial charge in [0.15, 0.2) is 5.78 Å². The fraction of sp³-hybridized carbons (Fsp3) is 0.111. The molecule has 0 heterocycles. The van der Waals surface area contributed by atoms with E-state index < -0.39 is 23.8 Å². The maximum atomic E-state index is 13.0. The van der Waals surface area contributed by atoms with Crippen molar-refractivity contribution in [1.82, 2.24) is 5.32 Å². The predicted octanol–water partition coefficient (Wildman–Crippen LogP) is 4.62. The number of carboxylic acid groups (broad SMARTS) is 1. The number of rotatable bonds is 9. The highest BCUT2D eigenvalue weighted by Crippen LogP contribution is 2.18. The molecule has 1 atom stereocenters. The van der Waals surface area contributed by atoms with Gasteiger partial charge in [-0.05, 0) is 66.6 Å². The SMILES string of the molecule is CC(=O)c1ccc(Cl)cc1C=CC(=O)NC(Cc1ccccc1)C(=O)Nc1ccc(C(=O)O)cc1. The van der Waals surface area contributed by atoms with Crippen molar-refractivity contribution in [3.63, 3.8) is 0 Å². The molecular formula is C27H23ClN2O5. The third kappa shape index (κ3) is 7.38. The number of carbonyl (C=O) groups excluding carboxylic acids is 3. The number of amides is 2. The third-order valence-electron chi connectivity index (χ3n) is 5.12. The molecule has 7 nitrogen and oxygen atoms in total. The molecule has 2 amide bonds. The summed E-state index contributed by atoms with van der Waals surface area (Å²) in [6.45, 7) is 1.42. The van der Waals surface area contributed by atoms with E-state index in [0.29, 0.717) is 21.8 Å². The largest absolute Gasteiger partial charge is 0.478 e. The van der Waals surface area contributed by atoms with E-state index in [0.717, 1.165) is 5.56 Å². The molecule has 0 aliphatic heterocycles. The first-order valence-corrected chi connectivity index (χ1v) is 11.1. The minimum Gasteiger partial charge on any atom is -0.478 e. The van der Waals surface area contributed by atoms with Gasteiger partial charge in [0.25, 0.3) is 0 Å². The van der Waals surface area contributed by atoms with Gasteiger partial charge in [-0.25, -0.2) is 4.79 Å². The Bertz CT molecular complexity index is 1270. The zero-order valence-corrected chi connectivity index (χ0v) is 19.6. The summed E-state index contributed by atoms with van der Waals surface area (Å²) in [6.07, 6.45) is 2.94. The smallest absolute Gasteiger partial charge is 0.335 e. The molecule has 178 valence electrons. The van der Waals surface area contributed by atoms with Crippen LogP contribution in [0.4, 0.5) is 5.69 Å². The van der Waals surface area contributed by atoms with E-state index in [1.807, 2.05) is 30.3 Å². The summed E-state index contributed by atoms with van der Waals surface area (Å²) in [5.41, 5.74) is 2.23. The van der Waals surface area contributed by atoms with Gasteiger partial charge in [-0.15, -0.1) is 0 Å². The van der Waals surface area contributed by atoms with Crippen molar-refractivity contribution < 1.29 is 24.3 Å². The predicted molar refractivity (Wildman–Crippen MR) is 135 cm³/mol. The lowest BCUT2D eigenvalue weighted by Crippen LogP contribution is -2.44. The fourth-order valence-electron chi connectivity index (χ4n) is 3.36. The van der Waals surface area contributed by atoms with Gasteiger partial charge in [0.2, 0.25) is 11.8 Å². The van der Waals surface area contributed by atoms with Gasteiger partial charge in [0, 0.05) is 28.8 Å². The van der Waals surface area contributed by atoms with Crippen LogP contribution in [0.2, 0.25) is 5.02 Å². The average Bonchev–Trinajstić information content (AvgIpc) is 2.83. The first-order chi connectivity index (χ1) is 16.7. The molecule has 0 aliphatic rings. The van der Waals surface area contributed by atoms with Crippen molar-refractivity contribution in [1.29, 1.82) is 0 Å². The van der Waals surface area contributed by atoms with Gasteiger partial charge in [-0.3, -0.25) is 14.4 Å². The number of aromatic carboxylic acids is 1. The highest BCUT2D eigenvalue weighted by molar-refractivity contribution is 6.31. The van der Waals surface area contributed by atoms with Crippen LogP contribution >= 0.6 is 11.6 Å². The Morgan fingerprint density at radius 3 is 2.29 bits per heavy atom. The Morgan fingerprint density at radius 2 is 1.66 bits per heavy atom. The minimum atomic E-state index is -1.07. The van der Waals surface area contributed by atoms with Crippen LogP contribution < -0.4 is 10.6 Å². The van der Waals surface area contributed by atoms with Crippen molar-refractivity contribution >= 4 is 46.9 Å². The quantitative estimate of drug-likeness (QED) is 0.299. The molecular weight excluding hydrogens is 468 g/mol. The Balaban J connectivity index is 1.78. The van der Waals surface area contributed by atoms with Crippen LogP contribution in [0.15, 0.2) is 78.9 Å². The number of anilines is 1. The van der Waals surface area contributed by atoms with Crippen molar-refractivity contribution in [3.8, 4) is 0 Å². The van der Waals surface area contributed by atoms with Gasteiger partial charge in [0.1, 0.15) is 6.04 Å². The van der Waals surface area contributed by atoms with Gasteiger partial charge in [0.05, 0.1) is 5.56 Å². The van der Waals surface area contributed by atoms with Crippen LogP contribution in [0.3, 0.4) is 0 Å². The van der Waals surface area contributed by atoms with E-state index >= 15 is 0 Å². The average molecular weight is 491 g/mol. The van der Waals surface area contributed by atoms with E-state index in [1.54, 1.807) is 18.2 Å². The first-order valence-electron chi connectivity index (χ1n) is 10.7. The summed E-state index contributed by atoms with van der Waals surface area (Å²) in [5, 5.41) is 14.9. The van der Waals surface area contributed by atoms with Gasteiger partial charge >= 0.3 is 5.97 Å². The lowest BCUT2D eigenvalue weighted by atomic mass is 10.0. The summed E-state index contributed by atoms with van der Waals surface area (Å²) in [7, 11) is 0. The second-order valence-electron chi connectivity index (χ2n) is 7.74. The second kappa shape index (κ2) is 11.8. The summed E-state index contributed by atoms with van der Waals surface area (Å²) >= 11 is 6.03. The Morgan fingerprint density at radius 1 is 0.971 bits per heavy atom. The molecule has 0 radical (unpaired) electrons. The van der Waals surface area contributed by atoms with E-state index in [-0.39, 0.29) is 17.8 Å². The Hall–Kier alpha value is -4.23. The fourth-order valence-corrected chi connectivity index (χ4v) is 3.54. The summed E-state index contributed by atoms with van der Waals surface area (Å²) in [4.78, 5) is 48.6. The maximum Gasteiger partial charge on any atom is 0.335 e. The Kier molecular flexibility index (Phi) is 8.53. The molecule has 0 aromatic heterocycles.